The largest absolute Gasteiger partial charge is 0.476 e. The molecule has 0 bridgehead atoms. The van der Waals surface area contributed by atoms with Gasteiger partial charge in [0.05, 0.1) is 12.0 Å². The molecular formula is C17H17ClN2O4S. The molecule has 1 aromatic carbocycles. The molecule has 1 amide bonds. The number of halogens is 1. The van der Waals surface area contributed by atoms with Crippen LogP contribution in [0.2, 0.25) is 5.02 Å². The highest BCUT2D eigenvalue weighted by Gasteiger charge is 2.41. The Bertz CT molecular complexity index is 769. The molecule has 0 radical (unpaired) electrons. The van der Waals surface area contributed by atoms with Crippen LogP contribution < -0.4 is 5.32 Å². The number of hydrogen-bond donors (Lipinski definition) is 2. The van der Waals surface area contributed by atoms with Gasteiger partial charge >= 0.3 is 5.97 Å². The lowest BCUT2D eigenvalue weighted by Gasteiger charge is -2.36. The van der Waals surface area contributed by atoms with E-state index in [2.05, 4.69) is 10.3 Å². The van der Waals surface area contributed by atoms with E-state index in [9.17, 15) is 9.59 Å². The SMILES string of the molecule is O=C(O)c1csc(CNC(=O)C2(c3ccc(Cl)cc3)CCOCC2)n1. The third-order valence-corrected chi connectivity index (χ3v) is 5.45. The van der Waals surface area contributed by atoms with E-state index in [0.717, 1.165) is 5.56 Å². The summed E-state index contributed by atoms with van der Waals surface area (Å²) in [6, 6.07) is 7.31. The Morgan fingerprint density at radius 3 is 2.56 bits per heavy atom. The number of carbonyl (C=O) groups excluding carboxylic acids is 1. The number of benzene rings is 1. The van der Waals surface area contributed by atoms with Crippen LogP contribution in [0.1, 0.15) is 33.9 Å². The first-order valence-electron chi connectivity index (χ1n) is 7.81. The van der Waals surface area contributed by atoms with Crippen molar-refractivity contribution in [1.82, 2.24) is 10.3 Å². The van der Waals surface area contributed by atoms with Crippen LogP contribution in [0.25, 0.3) is 0 Å². The summed E-state index contributed by atoms with van der Waals surface area (Å²) in [6.45, 7) is 1.22. The van der Waals surface area contributed by atoms with Gasteiger partial charge < -0.3 is 15.2 Å². The average Bonchev–Trinajstić information content (AvgIpc) is 3.10. The normalized spacial score (nSPS) is 16.4. The minimum absolute atomic E-state index is 0.00673. The van der Waals surface area contributed by atoms with Crippen LogP contribution in [0.5, 0.6) is 0 Å². The minimum Gasteiger partial charge on any atom is -0.476 e. The van der Waals surface area contributed by atoms with E-state index < -0.39 is 11.4 Å². The summed E-state index contributed by atoms with van der Waals surface area (Å²) in [4.78, 5) is 27.9. The van der Waals surface area contributed by atoms with Gasteiger partial charge in [0.15, 0.2) is 5.69 Å². The van der Waals surface area contributed by atoms with Crippen LogP contribution in [-0.2, 0) is 21.5 Å². The molecule has 0 unspecified atom stereocenters. The average molecular weight is 381 g/mol. The Balaban J connectivity index is 1.77. The second kappa shape index (κ2) is 7.51. The summed E-state index contributed by atoms with van der Waals surface area (Å²) in [7, 11) is 0. The molecule has 0 aliphatic carbocycles. The third-order valence-electron chi connectivity index (χ3n) is 4.35. The fraction of sp³-hybridized carbons (Fsp3) is 0.353. The molecule has 1 aromatic heterocycles. The predicted molar refractivity (Wildman–Crippen MR) is 94.1 cm³/mol. The number of amides is 1. The van der Waals surface area contributed by atoms with Crippen molar-refractivity contribution in [3.8, 4) is 0 Å². The van der Waals surface area contributed by atoms with Gasteiger partial charge in [-0.15, -0.1) is 11.3 Å². The topological polar surface area (TPSA) is 88.5 Å². The molecule has 0 saturated carbocycles. The highest BCUT2D eigenvalue weighted by molar-refractivity contribution is 7.09. The zero-order valence-electron chi connectivity index (χ0n) is 13.3. The fourth-order valence-electron chi connectivity index (χ4n) is 2.95. The number of carbonyl (C=O) groups is 2. The lowest BCUT2D eigenvalue weighted by atomic mass is 9.73. The molecule has 2 aromatic rings. The van der Waals surface area contributed by atoms with Gasteiger partial charge in [-0.3, -0.25) is 4.79 Å². The molecule has 3 rings (SSSR count). The summed E-state index contributed by atoms with van der Waals surface area (Å²) in [5, 5.41) is 14.5. The van der Waals surface area contributed by atoms with Crippen LogP contribution in [0.15, 0.2) is 29.6 Å². The van der Waals surface area contributed by atoms with Gasteiger partial charge in [0.25, 0.3) is 0 Å². The zero-order valence-corrected chi connectivity index (χ0v) is 14.9. The third kappa shape index (κ3) is 3.84. The van der Waals surface area contributed by atoms with Crippen LogP contribution in [0.3, 0.4) is 0 Å². The Kier molecular flexibility index (Phi) is 5.36. The van der Waals surface area contributed by atoms with Crippen molar-refractivity contribution in [2.24, 2.45) is 0 Å². The second-order valence-electron chi connectivity index (χ2n) is 5.82. The number of carboxylic acid groups (broad SMARTS) is 1. The molecule has 2 N–H and O–H groups in total. The molecule has 1 fully saturated rings. The highest BCUT2D eigenvalue weighted by Crippen LogP contribution is 2.35. The molecule has 0 atom stereocenters. The lowest BCUT2D eigenvalue weighted by molar-refractivity contribution is -0.130. The predicted octanol–water partition coefficient (Wildman–Crippen LogP) is 2.86. The van der Waals surface area contributed by atoms with Gasteiger partial charge in [-0.25, -0.2) is 9.78 Å². The molecule has 1 aliphatic rings. The lowest BCUT2D eigenvalue weighted by Crippen LogP contribution is -2.47. The molecule has 6 nitrogen and oxygen atoms in total. The van der Waals surface area contributed by atoms with Crippen molar-refractivity contribution in [2.45, 2.75) is 24.8 Å². The van der Waals surface area contributed by atoms with Crippen LogP contribution in [0.4, 0.5) is 0 Å². The maximum Gasteiger partial charge on any atom is 0.355 e. The first-order valence-corrected chi connectivity index (χ1v) is 9.07. The maximum atomic E-state index is 13.0. The van der Waals surface area contributed by atoms with E-state index in [-0.39, 0.29) is 18.1 Å². The number of carboxylic acids is 1. The minimum atomic E-state index is -1.07. The summed E-state index contributed by atoms with van der Waals surface area (Å²) in [6.07, 6.45) is 1.16. The van der Waals surface area contributed by atoms with Crippen LogP contribution >= 0.6 is 22.9 Å². The van der Waals surface area contributed by atoms with Gasteiger partial charge in [0.2, 0.25) is 5.91 Å². The van der Waals surface area contributed by atoms with Crippen molar-refractivity contribution in [1.29, 1.82) is 0 Å². The molecule has 2 heterocycles. The van der Waals surface area contributed by atoms with Crippen molar-refractivity contribution >= 4 is 34.8 Å². The fourth-order valence-corrected chi connectivity index (χ4v) is 3.78. The van der Waals surface area contributed by atoms with Crippen molar-refractivity contribution in [3.05, 3.63) is 50.9 Å². The van der Waals surface area contributed by atoms with Gasteiger partial charge in [-0.1, -0.05) is 23.7 Å². The quantitative estimate of drug-likeness (QED) is 0.832. The second-order valence-corrected chi connectivity index (χ2v) is 7.19. The number of nitrogens with zero attached hydrogens (tertiary/aromatic N) is 1. The Hall–Kier alpha value is -1.96. The number of hydrogen-bond acceptors (Lipinski definition) is 5. The van der Waals surface area contributed by atoms with Crippen molar-refractivity contribution < 1.29 is 19.4 Å². The van der Waals surface area contributed by atoms with Crippen molar-refractivity contribution in [3.63, 3.8) is 0 Å². The maximum absolute atomic E-state index is 13.0. The molecule has 132 valence electrons. The molecule has 0 spiro atoms. The molecule has 1 aliphatic heterocycles. The summed E-state index contributed by atoms with van der Waals surface area (Å²) >= 11 is 7.18. The van der Waals surface area contributed by atoms with Crippen LogP contribution in [-0.4, -0.2) is 35.2 Å². The first kappa shape index (κ1) is 17.8. The van der Waals surface area contributed by atoms with Gasteiger partial charge in [0, 0.05) is 23.6 Å². The summed E-state index contributed by atoms with van der Waals surface area (Å²) in [5.74, 6) is -1.18. The first-order chi connectivity index (χ1) is 12.0. The summed E-state index contributed by atoms with van der Waals surface area (Å²) < 4.78 is 5.43. The van der Waals surface area contributed by atoms with Gasteiger partial charge in [-0.05, 0) is 30.5 Å². The van der Waals surface area contributed by atoms with E-state index in [0.29, 0.717) is 36.1 Å². The summed E-state index contributed by atoms with van der Waals surface area (Å²) in [5.41, 5.74) is 0.228. The molecular weight excluding hydrogens is 364 g/mol. The monoisotopic (exact) mass is 380 g/mol. The van der Waals surface area contributed by atoms with E-state index >= 15 is 0 Å². The number of ether oxygens (including phenoxy) is 1. The van der Waals surface area contributed by atoms with Gasteiger partial charge in [-0.2, -0.15) is 0 Å². The van der Waals surface area contributed by atoms with E-state index in [1.165, 1.54) is 16.7 Å². The Morgan fingerprint density at radius 1 is 1.28 bits per heavy atom. The molecule has 8 heteroatoms. The molecule has 1 saturated heterocycles. The van der Waals surface area contributed by atoms with E-state index in [4.69, 9.17) is 21.4 Å². The van der Waals surface area contributed by atoms with E-state index in [1.807, 2.05) is 12.1 Å². The Morgan fingerprint density at radius 2 is 1.96 bits per heavy atom. The zero-order chi connectivity index (χ0) is 17.9. The highest BCUT2D eigenvalue weighted by atomic mass is 35.5. The smallest absolute Gasteiger partial charge is 0.355 e. The number of aromatic nitrogens is 1. The number of aromatic carboxylic acids is 1. The van der Waals surface area contributed by atoms with Crippen LogP contribution in [0, 0.1) is 0 Å². The number of thiazole rings is 1. The van der Waals surface area contributed by atoms with E-state index in [1.54, 1.807) is 12.1 Å². The van der Waals surface area contributed by atoms with Gasteiger partial charge in [0.1, 0.15) is 5.01 Å². The molecule has 25 heavy (non-hydrogen) atoms. The number of rotatable bonds is 5. The van der Waals surface area contributed by atoms with Crippen molar-refractivity contribution in [2.75, 3.05) is 13.2 Å². The number of nitrogens with one attached hydrogen (secondary N) is 1. The standard InChI is InChI=1S/C17H17ClN2O4S/c18-12-3-1-11(2-4-12)17(5-7-24-8-6-17)16(23)19-9-14-20-13(10-25-14)15(21)22/h1-4,10H,5-9H2,(H,19,23)(H,21,22). The Labute approximate surface area is 153 Å².